The lowest BCUT2D eigenvalue weighted by Crippen LogP contribution is -2.21. The molecule has 0 saturated heterocycles. The van der Waals surface area contributed by atoms with Gasteiger partial charge in [-0.3, -0.25) is 4.79 Å². The third-order valence-electron chi connectivity index (χ3n) is 1.30. The second-order valence-corrected chi connectivity index (χ2v) is 5.73. The fourth-order valence-electron chi connectivity index (χ4n) is 1.01. The van der Waals surface area contributed by atoms with E-state index in [1.807, 2.05) is 20.8 Å². The Morgan fingerprint density at radius 3 is 2.46 bits per heavy atom. The lowest BCUT2D eigenvalue weighted by molar-refractivity contribution is -0.117. The van der Waals surface area contributed by atoms with Gasteiger partial charge in [0, 0.05) is 11.2 Å². The van der Waals surface area contributed by atoms with Crippen molar-refractivity contribution in [3.63, 3.8) is 0 Å². The van der Waals surface area contributed by atoms with Gasteiger partial charge in [-0.15, -0.1) is 0 Å². The molecule has 0 aromatic heterocycles. The average Bonchev–Trinajstić information content (AvgIpc) is 1.81. The molecule has 0 bridgehead atoms. The highest BCUT2D eigenvalue weighted by Gasteiger charge is 2.23. The Hall–Kier alpha value is -0.0900. The number of thioether (sulfide) groups is 1. The van der Waals surface area contributed by atoms with E-state index in [9.17, 15) is 4.79 Å². The number of carbonyl (C=O) groups excluding carboxylic acids is 1. The smallest absolute Gasteiger partial charge is 0.220 e. The molecule has 0 aliphatic rings. The van der Waals surface area contributed by atoms with E-state index < -0.39 is 0 Å². The highest BCUT2D eigenvalue weighted by molar-refractivity contribution is 8.23. The van der Waals surface area contributed by atoms with Crippen molar-refractivity contribution in [3.8, 4) is 0 Å². The molecule has 0 spiro atoms. The van der Waals surface area contributed by atoms with Gasteiger partial charge in [0.05, 0.1) is 6.61 Å². The monoisotopic (exact) mass is 220 g/mol. The van der Waals surface area contributed by atoms with Crippen molar-refractivity contribution in [2.24, 2.45) is 0 Å². The molecule has 0 unspecified atom stereocenters. The first-order chi connectivity index (χ1) is 5.87. The maximum atomic E-state index is 10.9. The number of hydrogen-bond donors (Lipinski definition) is 0. The maximum absolute atomic E-state index is 10.9. The minimum atomic E-state index is -0.155. The van der Waals surface area contributed by atoms with Crippen LogP contribution in [0.4, 0.5) is 0 Å². The molecule has 0 radical (unpaired) electrons. The summed E-state index contributed by atoms with van der Waals surface area (Å²) in [5, 5.41) is 0. The summed E-state index contributed by atoms with van der Waals surface area (Å²) in [5.74, 6) is 0.178. The molecule has 0 aromatic carbocycles. The first-order valence-corrected chi connectivity index (χ1v) is 5.45. The molecule has 0 aromatic rings. The molecular weight excluding hydrogens is 204 g/mol. The first-order valence-electron chi connectivity index (χ1n) is 4.22. The van der Waals surface area contributed by atoms with Gasteiger partial charge < -0.3 is 4.74 Å². The summed E-state index contributed by atoms with van der Waals surface area (Å²) < 4.78 is 5.51. The zero-order valence-corrected chi connectivity index (χ0v) is 10.2. The molecular formula is C9H16O2S2. The van der Waals surface area contributed by atoms with Crippen molar-refractivity contribution in [3.05, 3.63) is 0 Å². The lowest BCUT2D eigenvalue weighted by atomic mass is 10.1. The van der Waals surface area contributed by atoms with Gasteiger partial charge >= 0.3 is 0 Å². The highest BCUT2D eigenvalue weighted by Crippen LogP contribution is 2.29. The maximum Gasteiger partial charge on any atom is 0.220 e. The number of rotatable bonds is 4. The Kier molecular flexibility index (Phi) is 5.56. The number of thiocarbonyl (C=S) groups is 1. The first kappa shape index (κ1) is 12.9. The van der Waals surface area contributed by atoms with Gasteiger partial charge in [0.25, 0.3) is 0 Å². The predicted molar refractivity (Wildman–Crippen MR) is 61.2 cm³/mol. The molecule has 0 fully saturated rings. The summed E-state index contributed by atoms with van der Waals surface area (Å²) >= 11 is 6.43. The van der Waals surface area contributed by atoms with Crippen LogP contribution in [0.15, 0.2) is 0 Å². The van der Waals surface area contributed by atoms with E-state index >= 15 is 0 Å². The Balaban J connectivity index is 4.00. The van der Waals surface area contributed by atoms with E-state index in [4.69, 9.17) is 17.0 Å². The summed E-state index contributed by atoms with van der Waals surface area (Å²) in [7, 11) is 0. The van der Waals surface area contributed by atoms with Crippen molar-refractivity contribution in [1.29, 1.82) is 0 Å². The fraction of sp³-hybridized carbons (Fsp3) is 0.778. The van der Waals surface area contributed by atoms with Crippen LogP contribution in [0.25, 0.3) is 0 Å². The third kappa shape index (κ3) is 7.02. The summed E-state index contributed by atoms with van der Waals surface area (Å²) in [6.07, 6.45) is 0.519. The molecule has 13 heavy (non-hydrogen) atoms. The Labute approximate surface area is 89.4 Å². The van der Waals surface area contributed by atoms with Crippen LogP contribution in [-0.2, 0) is 9.53 Å². The summed E-state index contributed by atoms with van der Waals surface area (Å²) in [5.41, 5.74) is 0. The van der Waals surface area contributed by atoms with Crippen molar-refractivity contribution >= 4 is 34.1 Å². The van der Waals surface area contributed by atoms with Crippen molar-refractivity contribution in [1.82, 2.24) is 0 Å². The molecule has 76 valence electrons. The highest BCUT2D eigenvalue weighted by atomic mass is 32.2. The SMILES string of the molecule is CCOC(=S)SC(C)(C)CC(C)=O. The molecule has 0 saturated carbocycles. The number of carbonyl (C=O) groups is 1. The minimum Gasteiger partial charge on any atom is -0.479 e. The van der Waals surface area contributed by atoms with Crippen molar-refractivity contribution < 1.29 is 9.53 Å². The fourth-order valence-corrected chi connectivity index (χ4v) is 2.71. The van der Waals surface area contributed by atoms with Crippen LogP contribution in [0, 0.1) is 0 Å². The summed E-state index contributed by atoms with van der Waals surface area (Å²) in [6, 6.07) is 0. The van der Waals surface area contributed by atoms with E-state index in [2.05, 4.69) is 0 Å². The van der Waals surface area contributed by atoms with Gasteiger partial charge in [-0.05, 0) is 39.9 Å². The number of ether oxygens (including phenoxy) is 1. The number of Topliss-reactive ketones (excluding diaryl/α,β-unsaturated/α-hetero) is 1. The second-order valence-electron chi connectivity index (χ2n) is 3.42. The molecule has 0 heterocycles. The lowest BCUT2D eigenvalue weighted by Gasteiger charge is -2.22. The Bertz CT molecular complexity index is 200. The van der Waals surface area contributed by atoms with E-state index in [-0.39, 0.29) is 10.5 Å². The molecule has 4 heteroatoms. The van der Waals surface area contributed by atoms with Gasteiger partial charge in [0.1, 0.15) is 5.78 Å². The van der Waals surface area contributed by atoms with Crippen LogP contribution in [0.1, 0.15) is 34.1 Å². The summed E-state index contributed by atoms with van der Waals surface area (Å²) in [6.45, 7) is 8.05. The van der Waals surface area contributed by atoms with Crippen LogP contribution >= 0.6 is 24.0 Å². The quantitative estimate of drug-likeness (QED) is 0.681. The van der Waals surface area contributed by atoms with Gasteiger partial charge in [0.2, 0.25) is 4.38 Å². The van der Waals surface area contributed by atoms with Crippen LogP contribution in [-0.4, -0.2) is 21.5 Å². The Morgan fingerprint density at radius 1 is 1.54 bits per heavy atom. The van der Waals surface area contributed by atoms with Crippen molar-refractivity contribution in [2.45, 2.75) is 38.9 Å². The van der Waals surface area contributed by atoms with Crippen LogP contribution in [0.3, 0.4) is 0 Å². The molecule has 0 amide bonds. The largest absolute Gasteiger partial charge is 0.479 e. The molecule has 0 aliphatic carbocycles. The zero-order valence-electron chi connectivity index (χ0n) is 8.55. The van der Waals surface area contributed by atoms with E-state index in [0.29, 0.717) is 17.4 Å². The molecule has 0 atom stereocenters. The molecule has 2 nitrogen and oxygen atoms in total. The zero-order chi connectivity index (χ0) is 10.5. The topological polar surface area (TPSA) is 26.3 Å². The average molecular weight is 220 g/mol. The number of hydrogen-bond acceptors (Lipinski definition) is 4. The molecule has 0 rings (SSSR count). The van der Waals surface area contributed by atoms with Gasteiger partial charge in [-0.2, -0.15) is 0 Å². The van der Waals surface area contributed by atoms with Crippen LogP contribution < -0.4 is 0 Å². The van der Waals surface area contributed by atoms with Gasteiger partial charge in [-0.25, -0.2) is 0 Å². The van der Waals surface area contributed by atoms with Gasteiger partial charge in [0.15, 0.2) is 0 Å². The van der Waals surface area contributed by atoms with Crippen molar-refractivity contribution in [2.75, 3.05) is 6.61 Å². The van der Waals surface area contributed by atoms with E-state index in [1.165, 1.54) is 11.8 Å². The normalized spacial score (nSPS) is 11.1. The Morgan fingerprint density at radius 2 is 2.08 bits per heavy atom. The van der Waals surface area contributed by atoms with E-state index in [0.717, 1.165) is 0 Å². The van der Waals surface area contributed by atoms with E-state index in [1.54, 1.807) is 6.92 Å². The third-order valence-corrected chi connectivity index (χ3v) is 2.65. The van der Waals surface area contributed by atoms with Crippen LogP contribution in [0.5, 0.6) is 0 Å². The molecule has 0 aliphatic heterocycles. The molecule has 0 N–H and O–H groups in total. The number of ketones is 1. The minimum absolute atomic E-state index is 0.155. The standard InChI is InChI=1S/C9H16O2S2/c1-5-11-8(12)13-9(3,4)6-7(2)10/h5-6H2,1-4H3. The predicted octanol–water partition coefficient (Wildman–Crippen LogP) is 2.80. The second kappa shape index (κ2) is 5.60. The van der Waals surface area contributed by atoms with Crippen LogP contribution in [0.2, 0.25) is 0 Å². The summed E-state index contributed by atoms with van der Waals surface area (Å²) in [4.78, 5) is 10.9. The van der Waals surface area contributed by atoms with Gasteiger partial charge in [-0.1, -0.05) is 11.8 Å².